The highest BCUT2D eigenvalue weighted by Gasteiger charge is 2.34. The van der Waals surface area contributed by atoms with Crippen LogP contribution in [-0.4, -0.2) is 40.3 Å². The number of phenols is 2. The zero-order valence-corrected chi connectivity index (χ0v) is 14.1. The van der Waals surface area contributed by atoms with Crippen molar-refractivity contribution < 1.29 is 38.9 Å². The first-order valence-corrected chi connectivity index (χ1v) is 7.86. The summed E-state index contributed by atoms with van der Waals surface area (Å²) in [6.45, 7) is 0.290. The lowest BCUT2D eigenvalue weighted by Crippen LogP contribution is -2.22. The van der Waals surface area contributed by atoms with Crippen LogP contribution in [-0.2, 0) is 25.7 Å². The van der Waals surface area contributed by atoms with Crippen LogP contribution in [0.5, 0.6) is 11.5 Å². The summed E-state index contributed by atoms with van der Waals surface area (Å²) < 4.78 is 9.41. The molecule has 0 unspecified atom stereocenters. The second kappa shape index (κ2) is 6.91. The lowest BCUT2D eigenvalue weighted by Gasteiger charge is -2.20. The molecule has 2 aromatic rings. The molecule has 0 bridgehead atoms. The Balaban J connectivity index is 1.89. The molecule has 0 atom stereocenters. The summed E-state index contributed by atoms with van der Waals surface area (Å²) in [5.74, 6) is -3.47. The van der Waals surface area contributed by atoms with Crippen LogP contribution in [0.25, 0.3) is 0 Å². The van der Waals surface area contributed by atoms with Crippen molar-refractivity contribution in [1.29, 1.82) is 0 Å². The number of carbonyl (C=O) groups is 4. The van der Waals surface area contributed by atoms with Crippen molar-refractivity contribution in [2.75, 3.05) is 6.61 Å². The number of phenolic OH excluding ortho intramolecular Hbond substituents is 2. The second-order valence-electron chi connectivity index (χ2n) is 5.84. The highest BCUT2D eigenvalue weighted by molar-refractivity contribution is 6.30. The Kier molecular flexibility index (Phi) is 4.64. The third-order valence-electron chi connectivity index (χ3n) is 3.96. The van der Waals surface area contributed by atoms with Crippen molar-refractivity contribution in [3.63, 3.8) is 0 Å². The molecule has 0 saturated carbocycles. The second-order valence-corrected chi connectivity index (χ2v) is 5.84. The quantitative estimate of drug-likeness (QED) is 0.661. The van der Waals surface area contributed by atoms with Crippen LogP contribution in [0.2, 0.25) is 0 Å². The van der Waals surface area contributed by atoms with Crippen LogP contribution in [0, 0.1) is 0 Å². The van der Waals surface area contributed by atoms with Crippen molar-refractivity contribution in [1.82, 2.24) is 0 Å². The van der Waals surface area contributed by atoms with Crippen LogP contribution >= 0.6 is 0 Å². The zero-order valence-electron chi connectivity index (χ0n) is 14.1. The number of benzene rings is 2. The molecule has 0 amide bonds. The lowest BCUT2D eigenvalue weighted by molar-refractivity contribution is -0.158. The molecular formula is C19H14O8. The Labute approximate surface area is 152 Å². The summed E-state index contributed by atoms with van der Waals surface area (Å²) >= 11 is 0. The predicted octanol–water partition coefficient (Wildman–Crippen LogP) is 1.48. The fourth-order valence-electron chi connectivity index (χ4n) is 2.79. The van der Waals surface area contributed by atoms with Gasteiger partial charge < -0.3 is 19.7 Å². The van der Waals surface area contributed by atoms with Gasteiger partial charge in [0.05, 0.1) is 11.1 Å². The maximum atomic E-state index is 12.7. The van der Waals surface area contributed by atoms with Gasteiger partial charge in [0, 0.05) is 18.1 Å². The van der Waals surface area contributed by atoms with E-state index in [9.17, 15) is 29.4 Å². The van der Waals surface area contributed by atoms with Crippen LogP contribution < -0.4 is 0 Å². The Morgan fingerprint density at radius 1 is 0.926 bits per heavy atom. The van der Waals surface area contributed by atoms with E-state index in [0.29, 0.717) is 0 Å². The molecule has 3 rings (SSSR count). The summed E-state index contributed by atoms with van der Waals surface area (Å²) in [5.41, 5.74) is -0.137. The molecule has 0 aromatic heterocycles. The summed E-state index contributed by atoms with van der Waals surface area (Å²) in [6.07, 6.45) is 0. The van der Waals surface area contributed by atoms with Gasteiger partial charge >= 0.3 is 11.9 Å². The zero-order chi connectivity index (χ0) is 19.7. The average molecular weight is 370 g/mol. The Morgan fingerprint density at radius 3 is 2.33 bits per heavy atom. The van der Waals surface area contributed by atoms with E-state index in [1.807, 2.05) is 0 Å². The van der Waals surface area contributed by atoms with Crippen molar-refractivity contribution in [3.05, 3.63) is 58.1 Å². The number of hydrogen-bond acceptors (Lipinski definition) is 8. The fraction of sp³-hybridized carbons (Fsp3) is 0.158. The molecule has 8 heteroatoms. The number of ether oxygens (including phenoxy) is 2. The first kappa shape index (κ1) is 18.1. The minimum atomic E-state index is -0.805. The first-order chi connectivity index (χ1) is 12.8. The third-order valence-corrected chi connectivity index (χ3v) is 3.96. The van der Waals surface area contributed by atoms with E-state index in [2.05, 4.69) is 4.74 Å². The SMILES string of the molecule is CC(=O)OCC(=O)OCc1cc(O)c2c(c1)C(=O)c1cccc(O)c1C2=O. The Bertz CT molecular complexity index is 989. The van der Waals surface area contributed by atoms with E-state index in [4.69, 9.17) is 4.74 Å². The maximum absolute atomic E-state index is 12.7. The molecule has 27 heavy (non-hydrogen) atoms. The minimum Gasteiger partial charge on any atom is -0.507 e. The van der Waals surface area contributed by atoms with E-state index in [0.717, 1.165) is 6.92 Å². The Morgan fingerprint density at radius 2 is 1.63 bits per heavy atom. The van der Waals surface area contributed by atoms with Gasteiger partial charge in [0.1, 0.15) is 18.1 Å². The smallest absolute Gasteiger partial charge is 0.344 e. The number of ketones is 2. The van der Waals surface area contributed by atoms with Gasteiger partial charge in [0.15, 0.2) is 12.4 Å². The number of rotatable bonds is 4. The minimum absolute atomic E-state index is 0.0240. The molecule has 8 nitrogen and oxygen atoms in total. The molecule has 0 radical (unpaired) electrons. The van der Waals surface area contributed by atoms with E-state index in [-0.39, 0.29) is 40.2 Å². The van der Waals surface area contributed by atoms with Crippen molar-refractivity contribution >= 4 is 23.5 Å². The molecule has 0 spiro atoms. The van der Waals surface area contributed by atoms with Gasteiger partial charge in [-0.05, 0) is 23.8 Å². The van der Waals surface area contributed by atoms with Gasteiger partial charge in [-0.25, -0.2) is 4.79 Å². The van der Waals surface area contributed by atoms with Crippen LogP contribution in [0.1, 0.15) is 44.3 Å². The third kappa shape index (κ3) is 3.37. The van der Waals surface area contributed by atoms with Gasteiger partial charge in [0.2, 0.25) is 5.78 Å². The summed E-state index contributed by atoms with van der Waals surface area (Å²) in [6, 6.07) is 6.64. The van der Waals surface area contributed by atoms with Crippen molar-refractivity contribution in [2.45, 2.75) is 13.5 Å². The van der Waals surface area contributed by atoms with E-state index in [1.165, 1.54) is 30.3 Å². The number of esters is 2. The summed E-state index contributed by atoms with van der Waals surface area (Å²) in [7, 11) is 0. The molecule has 0 heterocycles. The van der Waals surface area contributed by atoms with E-state index in [1.54, 1.807) is 0 Å². The van der Waals surface area contributed by atoms with Gasteiger partial charge in [-0.15, -0.1) is 0 Å². The number of hydrogen-bond donors (Lipinski definition) is 2. The average Bonchev–Trinajstić information content (AvgIpc) is 2.62. The monoisotopic (exact) mass is 370 g/mol. The highest BCUT2D eigenvalue weighted by Crippen LogP contribution is 2.37. The predicted molar refractivity (Wildman–Crippen MR) is 89.5 cm³/mol. The highest BCUT2D eigenvalue weighted by atomic mass is 16.6. The van der Waals surface area contributed by atoms with Gasteiger partial charge in [-0.1, -0.05) is 12.1 Å². The standard InChI is InChI=1S/C19H14O8/c1-9(20)26-8-15(23)27-7-10-5-12-17(14(22)6-10)19(25)16-11(18(12)24)3-2-4-13(16)21/h2-6,21-22H,7-8H2,1H3. The largest absolute Gasteiger partial charge is 0.507 e. The van der Waals surface area contributed by atoms with Gasteiger partial charge in [-0.3, -0.25) is 14.4 Å². The molecule has 0 aliphatic heterocycles. The molecule has 0 fully saturated rings. The number of carbonyl (C=O) groups excluding carboxylic acids is 4. The van der Waals surface area contributed by atoms with E-state index < -0.39 is 35.9 Å². The fourth-order valence-corrected chi connectivity index (χ4v) is 2.79. The molecule has 1 aliphatic carbocycles. The van der Waals surface area contributed by atoms with Gasteiger partial charge in [0.25, 0.3) is 0 Å². The lowest BCUT2D eigenvalue weighted by atomic mass is 9.82. The normalized spacial score (nSPS) is 12.2. The number of fused-ring (bicyclic) bond motifs is 2. The topological polar surface area (TPSA) is 127 Å². The maximum Gasteiger partial charge on any atom is 0.344 e. The van der Waals surface area contributed by atoms with Crippen molar-refractivity contribution in [2.24, 2.45) is 0 Å². The molecule has 1 aliphatic rings. The molecular weight excluding hydrogens is 356 g/mol. The Hall–Kier alpha value is -3.68. The van der Waals surface area contributed by atoms with Crippen molar-refractivity contribution in [3.8, 4) is 11.5 Å². The summed E-state index contributed by atoms with van der Waals surface area (Å²) in [4.78, 5) is 47.5. The summed E-state index contributed by atoms with van der Waals surface area (Å²) in [5, 5.41) is 20.1. The van der Waals surface area contributed by atoms with Crippen LogP contribution in [0.3, 0.4) is 0 Å². The van der Waals surface area contributed by atoms with Crippen LogP contribution in [0.15, 0.2) is 30.3 Å². The molecule has 2 aromatic carbocycles. The first-order valence-electron chi connectivity index (χ1n) is 7.86. The van der Waals surface area contributed by atoms with E-state index >= 15 is 0 Å². The molecule has 0 saturated heterocycles. The number of aromatic hydroxyl groups is 2. The van der Waals surface area contributed by atoms with Crippen LogP contribution in [0.4, 0.5) is 0 Å². The van der Waals surface area contributed by atoms with Gasteiger partial charge in [-0.2, -0.15) is 0 Å². The molecule has 138 valence electrons. The molecule has 2 N–H and O–H groups in total.